The smallest absolute Gasteiger partial charge is 0.237 e. The molecule has 1 unspecified atom stereocenters. The summed E-state index contributed by atoms with van der Waals surface area (Å²) in [5, 5.41) is 3.04. The lowest BCUT2D eigenvalue weighted by molar-refractivity contribution is -0.125. The Morgan fingerprint density at radius 1 is 1.20 bits per heavy atom. The molecule has 1 aromatic carbocycles. The average molecular weight is 339 g/mol. The number of aromatic nitrogens is 1. The third kappa shape index (κ3) is 4.79. The van der Waals surface area contributed by atoms with Crippen molar-refractivity contribution in [3.8, 4) is 5.88 Å². The van der Waals surface area contributed by atoms with Crippen LogP contribution in [0.2, 0.25) is 0 Å². The largest absolute Gasteiger partial charge is 0.478 e. The van der Waals surface area contributed by atoms with Gasteiger partial charge in [-0.2, -0.15) is 0 Å². The number of rotatable bonds is 6. The van der Waals surface area contributed by atoms with Crippen LogP contribution < -0.4 is 10.1 Å². The maximum Gasteiger partial charge on any atom is 0.237 e. The predicted molar refractivity (Wildman–Crippen MR) is 97.4 cm³/mol. The molecular weight excluding hydrogens is 314 g/mol. The molecule has 0 aliphatic carbocycles. The molecule has 132 valence electrons. The molecule has 1 aromatic heterocycles. The minimum atomic E-state index is -0.178. The summed E-state index contributed by atoms with van der Waals surface area (Å²) in [5.41, 5.74) is 2.10. The van der Waals surface area contributed by atoms with Crippen LogP contribution in [-0.2, 0) is 17.8 Å². The second-order valence-corrected chi connectivity index (χ2v) is 6.22. The van der Waals surface area contributed by atoms with Gasteiger partial charge in [-0.1, -0.05) is 36.4 Å². The first-order valence-corrected chi connectivity index (χ1v) is 8.90. The lowest BCUT2D eigenvalue weighted by atomic mass is 10.0. The summed E-state index contributed by atoms with van der Waals surface area (Å²) in [7, 11) is 0. The molecule has 3 rings (SSSR count). The summed E-state index contributed by atoms with van der Waals surface area (Å²) >= 11 is 0. The van der Waals surface area contributed by atoms with Crippen LogP contribution in [0, 0.1) is 0 Å². The van der Waals surface area contributed by atoms with Gasteiger partial charge in [0.2, 0.25) is 11.8 Å². The van der Waals surface area contributed by atoms with Crippen LogP contribution in [0.15, 0.2) is 48.5 Å². The van der Waals surface area contributed by atoms with Crippen molar-refractivity contribution in [2.45, 2.75) is 32.4 Å². The molecule has 1 aliphatic heterocycles. The van der Waals surface area contributed by atoms with E-state index in [4.69, 9.17) is 4.74 Å². The summed E-state index contributed by atoms with van der Waals surface area (Å²) < 4.78 is 5.50. The highest BCUT2D eigenvalue weighted by Gasteiger charge is 2.28. The number of hydrogen-bond acceptors (Lipinski definition) is 4. The Bertz CT molecular complexity index is 690. The van der Waals surface area contributed by atoms with E-state index in [-0.39, 0.29) is 11.9 Å². The Balaban J connectivity index is 1.78. The molecule has 1 atom stereocenters. The van der Waals surface area contributed by atoms with Crippen LogP contribution in [0.3, 0.4) is 0 Å². The van der Waals surface area contributed by atoms with Gasteiger partial charge in [0.1, 0.15) is 0 Å². The maximum absolute atomic E-state index is 12.6. The summed E-state index contributed by atoms with van der Waals surface area (Å²) in [5.74, 6) is 0.737. The number of carbonyl (C=O) groups is 1. The van der Waals surface area contributed by atoms with Gasteiger partial charge in [0.05, 0.1) is 18.3 Å². The third-order valence-electron chi connectivity index (χ3n) is 4.38. The highest BCUT2D eigenvalue weighted by atomic mass is 16.5. The van der Waals surface area contributed by atoms with Crippen molar-refractivity contribution in [1.82, 2.24) is 15.2 Å². The number of ether oxygens (including phenoxy) is 1. The van der Waals surface area contributed by atoms with Crippen LogP contribution in [0.1, 0.15) is 24.6 Å². The van der Waals surface area contributed by atoms with Gasteiger partial charge in [0.25, 0.3) is 0 Å². The second kappa shape index (κ2) is 8.62. The fourth-order valence-corrected chi connectivity index (χ4v) is 3.16. The molecule has 1 amide bonds. The number of carbonyl (C=O) groups excluding carboxylic acids is 1. The first-order valence-electron chi connectivity index (χ1n) is 8.90. The number of hydrogen-bond donors (Lipinski definition) is 1. The lowest BCUT2D eigenvalue weighted by Gasteiger charge is -2.28. The van der Waals surface area contributed by atoms with Gasteiger partial charge in [0.15, 0.2) is 0 Å². The molecule has 1 saturated heterocycles. The van der Waals surface area contributed by atoms with E-state index in [0.717, 1.165) is 25.2 Å². The Hall–Kier alpha value is -2.40. The molecule has 1 N–H and O–H groups in total. The minimum absolute atomic E-state index is 0.0994. The van der Waals surface area contributed by atoms with Gasteiger partial charge in [0, 0.05) is 25.7 Å². The SMILES string of the molecule is CCOc1cccc(CN2CCCNC(=O)C2Cc2ccccc2)n1. The molecule has 0 radical (unpaired) electrons. The lowest BCUT2D eigenvalue weighted by Crippen LogP contribution is -2.45. The van der Waals surface area contributed by atoms with Crippen molar-refractivity contribution in [3.05, 3.63) is 59.8 Å². The normalized spacial score (nSPS) is 18.4. The summed E-state index contributed by atoms with van der Waals surface area (Å²) in [6.45, 7) is 4.79. The standard InChI is InChI=1S/C20H25N3O2/c1-2-25-19-11-6-10-17(22-19)15-23-13-7-12-21-20(24)18(23)14-16-8-4-3-5-9-16/h3-6,8-11,18H,2,7,12-15H2,1H3,(H,21,24). The fraction of sp³-hybridized carbons (Fsp3) is 0.400. The van der Waals surface area contributed by atoms with Crippen molar-refractivity contribution in [2.75, 3.05) is 19.7 Å². The van der Waals surface area contributed by atoms with Crippen molar-refractivity contribution >= 4 is 5.91 Å². The van der Waals surface area contributed by atoms with E-state index < -0.39 is 0 Å². The Morgan fingerprint density at radius 3 is 2.84 bits per heavy atom. The van der Waals surface area contributed by atoms with Crippen LogP contribution in [0.5, 0.6) is 5.88 Å². The first kappa shape index (κ1) is 17.4. The summed E-state index contributed by atoms with van der Waals surface area (Å²) in [4.78, 5) is 19.4. The van der Waals surface area contributed by atoms with Crippen LogP contribution in [0.25, 0.3) is 0 Å². The van der Waals surface area contributed by atoms with Crippen LogP contribution >= 0.6 is 0 Å². The van der Waals surface area contributed by atoms with E-state index >= 15 is 0 Å². The van der Waals surface area contributed by atoms with Gasteiger partial charge < -0.3 is 10.1 Å². The van der Waals surface area contributed by atoms with E-state index in [1.165, 1.54) is 5.56 Å². The Labute approximate surface area is 149 Å². The Morgan fingerprint density at radius 2 is 2.04 bits per heavy atom. The van der Waals surface area contributed by atoms with Crippen LogP contribution in [0.4, 0.5) is 0 Å². The quantitative estimate of drug-likeness (QED) is 0.878. The number of amides is 1. The van der Waals surface area contributed by atoms with E-state index in [1.54, 1.807) is 0 Å². The third-order valence-corrected chi connectivity index (χ3v) is 4.38. The van der Waals surface area contributed by atoms with Gasteiger partial charge in [-0.15, -0.1) is 0 Å². The van der Waals surface area contributed by atoms with Gasteiger partial charge in [-0.05, 0) is 31.4 Å². The first-order chi connectivity index (χ1) is 12.3. The summed E-state index contributed by atoms with van der Waals surface area (Å²) in [6.07, 6.45) is 1.65. The maximum atomic E-state index is 12.6. The minimum Gasteiger partial charge on any atom is -0.478 e. The molecule has 0 saturated carbocycles. The number of benzene rings is 1. The zero-order chi connectivity index (χ0) is 17.5. The monoisotopic (exact) mass is 339 g/mol. The van der Waals surface area contributed by atoms with Crippen LogP contribution in [-0.4, -0.2) is 41.5 Å². The zero-order valence-electron chi connectivity index (χ0n) is 14.6. The molecule has 2 heterocycles. The molecule has 1 aliphatic rings. The summed E-state index contributed by atoms with van der Waals surface area (Å²) in [6, 6.07) is 15.8. The zero-order valence-corrected chi connectivity index (χ0v) is 14.6. The predicted octanol–water partition coefficient (Wildman–Crippen LogP) is 2.41. The molecule has 0 bridgehead atoms. The highest BCUT2D eigenvalue weighted by Crippen LogP contribution is 2.17. The van der Waals surface area contributed by atoms with Crippen molar-refractivity contribution in [3.63, 3.8) is 0 Å². The number of pyridine rings is 1. The van der Waals surface area contributed by atoms with E-state index in [0.29, 0.717) is 25.5 Å². The molecule has 25 heavy (non-hydrogen) atoms. The topological polar surface area (TPSA) is 54.5 Å². The average Bonchev–Trinajstić information content (AvgIpc) is 2.79. The molecule has 5 heteroatoms. The molecular formula is C20H25N3O2. The van der Waals surface area contributed by atoms with E-state index in [9.17, 15) is 4.79 Å². The van der Waals surface area contributed by atoms with Crippen molar-refractivity contribution in [1.29, 1.82) is 0 Å². The van der Waals surface area contributed by atoms with Gasteiger partial charge >= 0.3 is 0 Å². The highest BCUT2D eigenvalue weighted by molar-refractivity contribution is 5.82. The Kier molecular flexibility index (Phi) is 6.01. The number of nitrogens with one attached hydrogen (secondary N) is 1. The molecule has 5 nitrogen and oxygen atoms in total. The second-order valence-electron chi connectivity index (χ2n) is 6.22. The van der Waals surface area contributed by atoms with Crippen molar-refractivity contribution < 1.29 is 9.53 Å². The number of nitrogens with zero attached hydrogens (tertiary/aromatic N) is 2. The fourth-order valence-electron chi connectivity index (χ4n) is 3.16. The van der Waals surface area contributed by atoms with Crippen molar-refractivity contribution in [2.24, 2.45) is 0 Å². The molecule has 0 spiro atoms. The van der Waals surface area contributed by atoms with E-state index in [2.05, 4.69) is 27.3 Å². The van der Waals surface area contributed by atoms with E-state index in [1.807, 2.05) is 43.3 Å². The molecule has 1 fully saturated rings. The van der Waals surface area contributed by atoms with Gasteiger partial charge in [-0.3, -0.25) is 9.69 Å². The van der Waals surface area contributed by atoms with Gasteiger partial charge in [-0.25, -0.2) is 4.98 Å². The molecule has 2 aromatic rings.